The van der Waals surface area contributed by atoms with E-state index >= 15 is 0 Å². The first-order valence-electron chi connectivity index (χ1n) is 33.7. The van der Waals surface area contributed by atoms with E-state index in [-0.39, 0.29) is 12.8 Å². The zero-order valence-corrected chi connectivity index (χ0v) is 50.9. The van der Waals surface area contributed by atoms with E-state index in [0.29, 0.717) is 12.8 Å². The highest BCUT2D eigenvalue weighted by Gasteiger charge is 2.44. The summed E-state index contributed by atoms with van der Waals surface area (Å²) in [6.45, 7) is 3.49. The summed E-state index contributed by atoms with van der Waals surface area (Å²) < 4.78 is 11.2. The molecule has 11 nitrogen and oxygen atoms in total. The molecular formula is C67H129NO10. The average Bonchev–Trinajstić information content (AvgIpc) is 3.46. The Morgan fingerprint density at radius 1 is 0.436 bits per heavy atom. The molecule has 78 heavy (non-hydrogen) atoms. The van der Waals surface area contributed by atoms with Gasteiger partial charge in [-0.15, -0.1) is 0 Å². The Bertz CT molecular complexity index is 1320. The van der Waals surface area contributed by atoms with E-state index < -0.39 is 74.2 Å². The number of unbranched alkanes of at least 4 members (excludes halogenated alkanes) is 43. The van der Waals surface area contributed by atoms with Crippen LogP contribution < -0.4 is 5.32 Å². The number of carbonyl (C=O) groups excluding carboxylic acids is 1. The molecule has 1 heterocycles. The monoisotopic (exact) mass is 1110 g/mol. The zero-order valence-electron chi connectivity index (χ0n) is 50.9. The lowest BCUT2D eigenvalue weighted by molar-refractivity contribution is -0.303. The van der Waals surface area contributed by atoms with Crippen molar-refractivity contribution in [3.8, 4) is 0 Å². The lowest BCUT2D eigenvalue weighted by atomic mass is 9.98. The summed E-state index contributed by atoms with van der Waals surface area (Å²) in [6.07, 6.45) is 58.3. The molecule has 11 heteroatoms. The van der Waals surface area contributed by atoms with Gasteiger partial charge in [-0.05, 0) is 64.2 Å². The first-order chi connectivity index (χ1) is 38.2. The number of aliphatic hydroxyl groups excluding tert-OH is 7. The summed E-state index contributed by atoms with van der Waals surface area (Å²) in [6, 6.07) is -1.19. The minimum atomic E-state index is -1.67. The fourth-order valence-electron chi connectivity index (χ4n) is 11.0. The standard InChI is InChI=1S/C67H129NO10/c1-3-5-7-9-11-13-15-17-19-21-23-25-26-27-28-29-30-31-32-33-35-36-38-40-42-44-46-48-50-52-54-59(70)62(72)58(57-77-67-65(75)64(74)63(73)61(56-69)78-67)68-66(76)60(71)55-53-51-49-47-45-43-41-39-37-34-24-22-20-18-16-14-12-10-8-6-4-2/h37,39,46,48,58-65,67,69-75H,3-36,38,40-45,47,49-57H2,1-2H3,(H,68,76)/b39-37-,48-46+. The molecule has 1 rings (SSSR count). The number of carbonyl (C=O) groups is 1. The van der Waals surface area contributed by atoms with Crippen LogP contribution in [0.2, 0.25) is 0 Å². The second-order valence-electron chi connectivity index (χ2n) is 23.9. The first kappa shape index (κ1) is 74.6. The molecule has 8 N–H and O–H groups in total. The van der Waals surface area contributed by atoms with Crippen molar-refractivity contribution in [3.05, 3.63) is 24.3 Å². The fraction of sp³-hybridized carbons (Fsp3) is 0.925. The van der Waals surface area contributed by atoms with Gasteiger partial charge in [0.25, 0.3) is 0 Å². The lowest BCUT2D eigenvalue weighted by Gasteiger charge is -2.40. The average molecular weight is 1110 g/mol. The third-order valence-electron chi connectivity index (χ3n) is 16.5. The van der Waals surface area contributed by atoms with Crippen LogP contribution in [0.5, 0.6) is 0 Å². The molecule has 1 amide bonds. The smallest absolute Gasteiger partial charge is 0.249 e. The molecule has 0 bridgehead atoms. The molecule has 9 atom stereocenters. The highest BCUT2D eigenvalue weighted by molar-refractivity contribution is 5.80. The Balaban J connectivity index is 2.23. The highest BCUT2D eigenvalue weighted by atomic mass is 16.7. The van der Waals surface area contributed by atoms with Gasteiger partial charge >= 0.3 is 0 Å². The van der Waals surface area contributed by atoms with Gasteiger partial charge in [-0.25, -0.2) is 0 Å². The SMILES string of the molecule is CCCCCCCCCCCCC/C=C\CCCCCCCCC(O)C(=O)NC(COC1OC(CO)C(O)C(O)C1O)C(O)C(O)CCC/C=C/CCCCCCCCCCCCCCCCCCCCCCCCCCC. The quantitative estimate of drug-likeness (QED) is 0.0215. The van der Waals surface area contributed by atoms with Crippen LogP contribution in [0.3, 0.4) is 0 Å². The maximum absolute atomic E-state index is 13.2. The van der Waals surface area contributed by atoms with Gasteiger partial charge < -0.3 is 50.5 Å². The van der Waals surface area contributed by atoms with Gasteiger partial charge in [-0.1, -0.05) is 289 Å². The summed E-state index contributed by atoms with van der Waals surface area (Å²) in [7, 11) is 0. The van der Waals surface area contributed by atoms with Crippen molar-refractivity contribution in [1.29, 1.82) is 0 Å². The van der Waals surface area contributed by atoms with E-state index in [4.69, 9.17) is 9.47 Å². The summed E-state index contributed by atoms with van der Waals surface area (Å²) >= 11 is 0. The number of rotatable bonds is 59. The van der Waals surface area contributed by atoms with Crippen molar-refractivity contribution in [2.24, 2.45) is 0 Å². The van der Waals surface area contributed by atoms with Crippen LogP contribution in [-0.4, -0.2) is 110 Å². The minimum Gasteiger partial charge on any atom is -0.394 e. The van der Waals surface area contributed by atoms with Crippen molar-refractivity contribution in [1.82, 2.24) is 5.32 Å². The predicted octanol–water partition coefficient (Wildman–Crippen LogP) is 15.6. The molecule has 0 radical (unpaired) electrons. The van der Waals surface area contributed by atoms with Gasteiger partial charge in [0, 0.05) is 0 Å². The Morgan fingerprint density at radius 3 is 1.10 bits per heavy atom. The van der Waals surface area contributed by atoms with E-state index in [1.807, 2.05) is 0 Å². The van der Waals surface area contributed by atoms with Gasteiger partial charge in [-0.2, -0.15) is 0 Å². The lowest BCUT2D eigenvalue weighted by Crippen LogP contribution is -2.60. The van der Waals surface area contributed by atoms with Crippen molar-refractivity contribution in [2.45, 2.75) is 384 Å². The van der Waals surface area contributed by atoms with Gasteiger partial charge in [-0.3, -0.25) is 4.79 Å². The van der Waals surface area contributed by atoms with Crippen LogP contribution in [0, 0.1) is 0 Å². The van der Waals surface area contributed by atoms with Crippen LogP contribution in [0.1, 0.15) is 328 Å². The predicted molar refractivity (Wildman–Crippen MR) is 326 cm³/mol. The molecule has 0 saturated carbocycles. The van der Waals surface area contributed by atoms with E-state index in [0.717, 1.165) is 57.8 Å². The van der Waals surface area contributed by atoms with Crippen LogP contribution in [0.15, 0.2) is 24.3 Å². The maximum atomic E-state index is 13.2. The summed E-state index contributed by atoms with van der Waals surface area (Å²) in [5, 5.41) is 76.4. The second kappa shape index (κ2) is 56.1. The number of ether oxygens (including phenoxy) is 2. The molecule has 1 fully saturated rings. The number of hydrogen-bond acceptors (Lipinski definition) is 10. The third kappa shape index (κ3) is 43.3. The number of allylic oxidation sites excluding steroid dienone is 4. The Kier molecular flexibility index (Phi) is 53.6. The zero-order chi connectivity index (χ0) is 56.8. The highest BCUT2D eigenvalue weighted by Crippen LogP contribution is 2.24. The summed E-state index contributed by atoms with van der Waals surface area (Å²) in [4.78, 5) is 13.2. The molecule has 9 unspecified atom stereocenters. The largest absolute Gasteiger partial charge is 0.394 e. The van der Waals surface area contributed by atoms with Crippen LogP contribution in [-0.2, 0) is 14.3 Å². The Morgan fingerprint density at radius 2 is 0.756 bits per heavy atom. The summed E-state index contributed by atoms with van der Waals surface area (Å²) in [5.41, 5.74) is 0. The van der Waals surface area contributed by atoms with E-state index in [1.165, 1.54) is 231 Å². The molecular weight excluding hydrogens is 979 g/mol. The van der Waals surface area contributed by atoms with Crippen LogP contribution >= 0.6 is 0 Å². The molecule has 0 aromatic heterocycles. The minimum absolute atomic E-state index is 0.249. The van der Waals surface area contributed by atoms with Crippen LogP contribution in [0.4, 0.5) is 0 Å². The van der Waals surface area contributed by atoms with Crippen molar-refractivity contribution in [2.75, 3.05) is 13.2 Å². The number of nitrogens with one attached hydrogen (secondary N) is 1. The molecule has 0 aliphatic carbocycles. The van der Waals surface area contributed by atoms with E-state index in [1.54, 1.807) is 0 Å². The molecule has 0 aromatic rings. The molecule has 462 valence electrons. The van der Waals surface area contributed by atoms with Crippen molar-refractivity contribution >= 4 is 5.91 Å². The molecule has 1 aliphatic rings. The third-order valence-corrected chi connectivity index (χ3v) is 16.5. The van der Waals surface area contributed by atoms with Crippen molar-refractivity contribution in [3.63, 3.8) is 0 Å². The normalized spacial score (nSPS) is 19.5. The fourth-order valence-corrected chi connectivity index (χ4v) is 11.0. The second-order valence-corrected chi connectivity index (χ2v) is 23.9. The first-order valence-corrected chi connectivity index (χ1v) is 33.7. The maximum Gasteiger partial charge on any atom is 0.249 e. The van der Waals surface area contributed by atoms with Gasteiger partial charge in [0.1, 0.15) is 36.6 Å². The summed E-state index contributed by atoms with van der Waals surface area (Å²) in [5.74, 6) is -0.706. The number of hydrogen-bond donors (Lipinski definition) is 8. The van der Waals surface area contributed by atoms with Crippen molar-refractivity contribution < 1.29 is 50.0 Å². The van der Waals surface area contributed by atoms with E-state index in [9.17, 15) is 40.5 Å². The van der Waals surface area contributed by atoms with Gasteiger partial charge in [0.15, 0.2) is 6.29 Å². The van der Waals surface area contributed by atoms with Crippen LogP contribution in [0.25, 0.3) is 0 Å². The van der Waals surface area contributed by atoms with Gasteiger partial charge in [0.05, 0.1) is 25.4 Å². The Hall–Kier alpha value is -1.41. The number of amides is 1. The Labute approximate surface area is 480 Å². The molecule has 0 spiro atoms. The van der Waals surface area contributed by atoms with E-state index in [2.05, 4.69) is 43.5 Å². The molecule has 1 saturated heterocycles. The topological polar surface area (TPSA) is 189 Å². The molecule has 1 aliphatic heterocycles. The van der Waals surface area contributed by atoms with Gasteiger partial charge in [0.2, 0.25) is 5.91 Å². The number of aliphatic hydroxyl groups is 7. The molecule has 0 aromatic carbocycles.